The summed E-state index contributed by atoms with van der Waals surface area (Å²) < 4.78 is 11.1. The van der Waals surface area contributed by atoms with E-state index in [4.69, 9.17) is 9.47 Å². The highest BCUT2D eigenvalue weighted by Gasteiger charge is 2.12. The zero-order valence-corrected chi connectivity index (χ0v) is 21.6. The molecule has 0 aliphatic carbocycles. The summed E-state index contributed by atoms with van der Waals surface area (Å²) in [5.74, 6) is 0.544. The fourth-order valence-corrected chi connectivity index (χ4v) is 4.27. The van der Waals surface area contributed by atoms with Gasteiger partial charge in [-0.15, -0.1) is 0 Å². The fraction of sp³-hybridized carbons (Fsp3) is 0.367. The molecule has 3 rings (SSSR count). The summed E-state index contributed by atoms with van der Waals surface area (Å²) in [5.41, 5.74) is 2.69. The molecule has 1 N–H and O–H groups in total. The fourth-order valence-electron chi connectivity index (χ4n) is 4.27. The second-order valence-corrected chi connectivity index (χ2v) is 9.28. The van der Waals surface area contributed by atoms with E-state index in [1.54, 1.807) is 12.1 Å². The molecule has 0 aliphatic rings. The van der Waals surface area contributed by atoms with Crippen molar-refractivity contribution in [3.8, 4) is 5.75 Å². The number of rotatable bonds is 12. The largest absolute Gasteiger partial charge is 0.489 e. The normalized spacial score (nSPS) is 12.1. The summed E-state index contributed by atoms with van der Waals surface area (Å²) >= 11 is 0. The molecule has 0 fully saturated rings. The van der Waals surface area contributed by atoms with E-state index in [2.05, 4.69) is 62.2 Å². The van der Waals surface area contributed by atoms with Gasteiger partial charge >= 0.3 is 5.97 Å². The average Bonchev–Trinajstić information content (AvgIpc) is 2.86. The molecule has 0 saturated heterocycles. The molecule has 186 valence electrons. The zero-order chi connectivity index (χ0) is 25.2. The maximum Gasteiger partial charge on any atom is 0.337 e. The Bertz CT molecular complexity index is 1110. The molecule has 0 aromatic heterocycles. The minimum Gasteiger partial charge on any atom is -0.489 e. The number of ether oxygens (including phenoxy) is 2. The molecule has 0 aliphatic heterocycles. The van der Waals surface area contributed by atoms with Crippen molar-refractivity contribution >= 4 is 22.8 Å². The number of nitrogens with zero attached hydrogens (tertiary/aromatic N) is 1. The minimum absolute atomic E-state index is 0.332. The Morgan fingerprint density at radius 3 is 2.31 bits per heavy atom. The molecule has 0 radical (unpaired) electrons. The molecule has 0 amide bonds. The lowest BCUT2D eigenvalue weighted by atomic mass is 10.1. The van der Waals surface area contributed by atoms with Gasteiger partial charge < -0.3 is 14.8 Å². The maximum absolute atomic E-state index is 11.8. The minimum atomic E-state index is -0.332. The van der Waals surface area contributed by atoms with Gasteiger partial charge in [-0.2, -0.15) is 0 Å². The van der Waals surface area contributed by atoms with Crippen LogP contribution in [0.1, 0.15) is 43.6 Å². The highest BCUT2D eigenvalue weighted by molar-refractivity contribution is 5.89. The van der Waals surface area contributed by atoms with Crippen molar-refractivity contribution in [1.29, 1.82) is 0 Å². The average molecular weight is 475 g/mol. The van der Waals surface area contributed by atoms with E-state index in [0.717, 1.165) is 40.7 Å². The quantitative estimate of drug-likeness (QED) is 0.266. The zero-order valence-electron chi connectivity index (χ0n) is 21.6. The third-order valence-electron chi connectivity index (χ3n) is 6.09. The van der Waals surface area contributed by atoms with Crippen LogP contribution in [0.3, 0.4) is 0 Å². The van der Waals surface area contributed by atoms with Crippen molar-refractivity contribution in [2.24, 2.45) is 0 Å². The van der Waals surface area contributed by atoms with Crippen LogP contribution in [0.4, 0.5) is 0 Å². The van der Waals surface area contributed by atoms with Crippen LogP contribution in [-0.4, -0.2) is 56.3 Å². The van der Waals surface area contributed by atoms with Crippen LogP contribution < -0.4 is 10.1 Å². The number of esters is 1. The number of carbonyl (C=O) groups is 1. The Kier molecular flexibility index (Phi) is 9.88. The van der Waals surface area contributed by atoms with Gasteiger partial charge in [0.25, 0.3) is 0 Å². The molecule has 0 atom stereocenters. The van der Waals surface area contributed by atoms with Gasteiger partial charge in [-0.05, 0) is 62.4 Å². The number of fused-ring (bicyclic) bond motifs is 1. The van der Waals surface area contributed by atoms with Gasteiger partial charge in [-0.3, -0.25) is 4.90 Å². The van der Waals surface area contributed by atoms with E-state index in [1.807, 2.05) is 36.4 Å². The molecule has 35 heavy (non-hydrogen) atoms. The monoisotopic (exact) mass is 474 g/mol. The van der Waals surface area contributed by atoms with Crippen LogP contribution in [0.15, 0.2) is 72.3 Å². The predicted octanol–water partition coefficient (Wildman–Crippen LogP) is 5.80. The summed E-state index contributed by atoms with van der Waals surface area (Å²) in [7, 11) is 1.39. The number of hydrogen-bond acceptors (Lipinski definition) is 5. The predicted molar refractivity (Wildman–Crippen MR) is 145 cm³/mol. The Labute approximate surface area is 209 Å². The van der Waals surface area contributed by atoms with Gasteiger partial charge in [-0.1, -0.05) is 54.6 Å². The van der Waals surface area contributed by atoms with Gasteiger partial charge in [0.1, 0.15) is 12.4 Å². The Morgan fingerprint density at radius 2 is 1.63 bits per heavy atom. The summed E-state index contributed by atoms with van der Waals surface area (Å²) in [5, 5.41) is 5.86. The molecule has 3 aromatic carbocycles. The molecular weight excluding hydrogens is 436 g/mol. The van der Waals surface area contributed by atoms with Crippen LogP contribution in [0.25, 0.3) is 16.8 Å². The maximum atomic E-state index is 11.8. The molecule has 0 saturated carbocycles. The first-order chi connectivity index (χ1) is 16.9. The van der Waals surface area contributed by atoms with E-state index in [0.29, 0.717) is 30.8 Å². The van der Waals surface area contributed by atoms with Crippen molar-refractivity contribution in [3.05, 3.63) is 83.4 Å². The van der Waals surface area contributed by atoms with Gasteiger partial charge in [0.15, 0.2) is 0 Å². The van der Waals surface area contributed by atoms with Crippen molar-refractivity contribution < 1.29 is 14.3 Å². The summed E-state index contributed by atoms with van der Waals surface area (Å²) in [6, 6.07) is 22.9. The highest BCUT2D eigenvalue weighted by Crippen LogP contribution is 2.25. The summed E-state index contributed by atoms with van der Waals surface area (Å²) in [6.45, 7) is 12.0. The summed E-state index contributed by atoms with van der Waals surface area (Å²) in [6.07, 6.45) is 2.13. The van der Waals surface area contributed by atoms with Gasteiger partial charge in [0.2, 0.25) is 0 Å². The van der Waals surface area contributed by atoms with E-state index < -0.39 is 0 Å². The molecule has 3 aromatic rings. The van der Waals surface area contributed by atoms with E-state index in [9.17, 15) is 4.79 Å². The molecule has 0 bridgehead atoms. The van der Waals surface area contributed by atoms with Crippen molar-refractivity contribution in [2.75, 3.05) is 33.4 Å². The Balaban J connectivity index is 1.73. The molecule has 0 unspecified atom stereocenters. The van der Waals surface area contributed by atoms with Crippen molar-refractivity contribution in [1.82, 2.24) is 10.2 Å². The number of hydrogen-bond donors (Lipinski definition) is 1. The Morgan fingerprint density at radius 1 is 0.943 bits per heavy atom. The lowest BCUT2D eigenvalue weighted by Crippen LogP contribution is -2.41. The van der Waals surface area contributed by atoms with Crippen LogP contribution in [0, 0.1) is 0 Å². The molecule has 0 spiro atoms. The van der Waals surface area contributed by atoms with E-state index >= 15 is 0 Å². The van der Waals surface area contributed by atoms with E-state index in [-0.39, 0.29) is 5.97 Å². The number of nitrogens with one attached hydrogen (secondary N) is 1. The first kappa shape index (κ1) is 26.5. The third kappa shape index (κ3) is 7.67. The number of methoxy groups -OCH3 is 1. The topological polar surface area (TPSA) is 50.8 Å². The van der Waals surface area contributed by atoms with Crippen LogP contribution >= 0.6 is 0 Å². The SMILES string of the molecule is COC(=O)c1ccc(/C=C(/CNCCN(C(C)C)C(C)C)COc2cccc3ccccc23)cc1. The highest BCUT2D eigenvalue weighted by atomic mass is 16.5. The molecule has 0 heterocycles. The van der Waals surface area contributed by atoms with E-state index in [1.165, 1.54) is 7.11 Å². The Hall–Kier alpha value is -3.15. The van der Waals surface area contributed by atoms with Gasteiger partial charge in [0, 0.05) is 37.1 Å². The van der Waals surface area contributed by atoms with Crippen LogP contribution in [0.2, 0.25) is 0 Å². The smallest absolute Gasteiger partial charge is 0.337 e. The van der Waals surface area contributed by atoms with Crippen molar-refractivity contribution in [2.45, 2.75) is 39.8 Å². The molecule has 5 heteroatoms. The van der Waals surface area contributed by atoms with Crippen molar-refractivity contribution in [3.63, 3.8) is 0 Å². The first-order valence-corrected chi connectivity index (χ1v) is 12.3. The number of carbonyl (C=O) groups excluding carboxylic acids is 1. The molecule has 5 nitrogen and oxygen atoms in total. The second kappa shape index (κ2) is 13.1. The lowest BCUT2D eigenvalue weighted by molar-refractivity contribution is 0.0600. The van der Waals surface area contributed by atoms with Gasteiger partial charge in [0.05, 0.1) is 12.7 Å². The lowest BCUT2D eigenvalue weighted by Gasteiger charge is -2.30. The first-order valence-electron chi connectivity index (χ1n) is 12.3. The molecular formula is C30H38N2O3. The third-order valence-corrected chi connectivity index (χ3v) is 6.09. The number of benzene rings is 3. The van der Waals surface area contributed by atoms with Gasteiger partial charge in [-0.25, -0.2) is 4.79 Å². The summed E-state index contributed by atoms with van der Waals surface area (Å²) in [4.78, 5) is 14.2. The van der Waals surface area contributed by atoms with Crippen LogP contribution in [0.5, 0.6) is 5.75 Å². The second-order valence-electron chi connectivity index (χ2n) is 9.28. The van der Waals surface area contributed by atoms with Crippen LogP contribution in [-0.2, 0) is 4.74 Å². The standard InChI is InChI=1S/C30H38N2O3/c1-22(2)32(23(3)4)18-17-31-20-25(19-24-13-15-27(16-14-24)30(33)34-5)21-35-29-12-8-10-26-9-6-7-11-28(26)29/h6-16,19,22-23,31H,17-18,20-21H2,1-5H3/b25-19-.